The fraction of sp³-hybridized carbons (Fsp3) is 0.200. The molecule has 14 heavy (non-hydrogen) atoms. The lowest BCUT2D eigenvalue weighted by Crippen LogP contribution is -1.92. The predicted octanol–water partition coefficient (Wildman–Crippen LogP) is 3.05. The highest BCUT2D eigenvalue weighted by Crippen LogP contribution is 2.17. The predicted molar refractivity (Wildman–Crippen MR) is 56.4 cm³/mol. The smallest absolute Gasteiger partial charge is 0.137 e. The molecule has 1 heterocycles. The second-order valence-corrected chi connectivity index (χ2v) is 3.66. The molecule has 0 amide bonds. The fourth-order valence-electron chi connectivity index (χ4n) is 1.40. The van der Waals surface area contributed by atoms with E-state index in [0.29, 0.717) is 21.5 Å². The first-order valence-electron chi connectivity index (χ1n) is 4.25. The van der Waals surface area contributed by atoms with E-state index < -0.39 is 0 Å². The van der Waals surface area contributed by atoms with E-state index in [0.717, 1.165) is 5.39 Å². The fourth-order valence-corrected chi connectivity index (χ4v) is 1.70. The van der Waals surface area contributed by atoms with E-state index >= 15 is 0 Å². The van der Waals surface area contributed by atoms with Crippen molar-refractivity contribution in [3.8, 4) is 0 Å². The van der Waals surface area contributed by atoms with Gasteiger partial charge < -0.3 is 4.98 Å². The molecule has 0 atom stereocenters. The number of aryl methyl sites for hydroxylation is 2. The summed E-state index contributed by atoms with van der Waals surface area (Å²) in [5, 5.41) is 0.796. The molecule has 2 nitrogen and oxygen atoms in total. The summed E-state index contributed by atoms with van der Waals surface area (Å²) >= 11 is 5.09. The molecule has 0 bridgehead atoms. The van der Waals surface area contributed by atoms with Crippen LogP contribution in [0.1, 0.15) is 11.4 Å². The van der Waals surface area contributed by atoms with E-state index in [2.05, 4.69) is 9.97 Å². The van der Waals surface area contributed by atoms with Crippen molar-refractivity contribution in [1.82, 2.24) is 9.97 Å². The molecular weight excluding hydrogens is 199 g/mol. The van der Waals surface area contributed by atoms with Crippen LogP contribution in [0.3, 0.4) is 0 Å². The van der Waals surface area contributed by atoms with Gasteiger partial charge in [0.05, 0.1) is 5.52 Å². The minimum Gasteiger partial charge on any atom is -0.343 e. The summed E-state index contributed by atoms with van der Waals surface area (Å²) in [6, 6.07) is 3.17. The molecule has 0 saturated carbocycles. The first-order valence-corrected chi connectivity index (χ1v) is 4.65. The third kappa shape index (κ3) is 1.42. The highest BCUT2D eigenvalue weighted by molar-refractivity contribution is 7.71. The van der Waals surface area contributed by atoms with Gasteiger partial charge in [0.15, 0.2) is 0 Å². The van der Waals surface area contributed by atoms with E-state index in [1.54, 1.807) is 19.9 Å². The minimum atomic E-state index is -0.228. The normalized spacial score (nSPS) is 10.8. The van der Waals surface area contributed by atoms with Crippen LogP contribution >= 0.6 is 12.2 Å². The van der Waals surface area contributed by atoms with Gasteiger partial charge in [0.2, 0.25) is 0 Å². The topological polar surface area (TPSA) is 28.7 Å². The Balaban J connectivity index is 2.96. The number of H-pyrrole nitrogens is 1. The van der Waals surface area contributed by atoms with Crippen LogP contribution in [0.5, 0.6) is 0 Å². The monoisotopic (exact) mass is 208 g/mol. The molecule has 4 heteroatoms. The summed E-state index contributed by atoms with van der Waals surface area (Å²) < 4.78 is 13.8. The Bertz CT molecular complexity index is 560. The second-order valence-electron chi connectivity index (χ2n) is 3.27. The van der Waals surface area contributed by atoms with Crippen LogP contribution in [-0.2, 0) is 0 Å². The largest absolute Gasteiger partial charge is 0.343 e. The van der Waals surface area contributed by atoms with Crippen molar-refractivity contribution < 1.29 is 4.39 Å². The molecule has 2 rings (SSSR count). The van der Waals surface area contributed by atoms with Crippen molar-refractivity contribution in [2.45, 2.75) is 13.8 Å². The summed E-state index contributed by atoms with van der Waals surface area (Å²) in [6.07, 6.45) is 0. The Kier molecular flexibility index (Phi) is 2.07. The van der Waals surface area contributed by atoms with Gasteiger partial charge in [-0.1, -0.05) is 12.2 Å². The van der Waals surface area contributed by atoms with Crippen molar-refractivity contribution in [2.75, 3.05) is 0 Å². The van der Waals surface area contributed by atoms with Gasteiger partial charge in [-0.15, -0.1) is 0 Å². The molecule has 0 aliphatic rings. The van der Waals surface area contributed by atoms with Gasteiger partial charge in [0, 0.05) is 5.39 Å². The Hall–Kier alpha value is -1.29. The highest BCUT2D eigenvalue weighted by atomic mass is 32.1. The van der Waals surface area contributed by atoms with Crippen LogP contribution < -0.4 is 0 Å². The molecule has 0 aliphatic heterocycles. The van der Waals surface area contributed by atoms with Gasteiger partial charge >= 0.3 is 0 Å². The van der Waals surface area contributed by atoms with Crippen LogP contribution in [0.2, 0.25) is 0 Å². The van der Waals surface area contributed by atoms with Crippen LogP contribution in [0.4, 0.5) is 4.39 Å². The average molecular weight is 208 g/mol. The van der Waals surface area contributed by atoms with E-state index in [4.69, 9.17) is 12.2 Å². The number of aromatic nitrogens is 2. The van der Waals surface area contributed by atoms with Gasteiger partial charge in [0.25, 0.3) is 0 Å². The number of halogens is 1. The van der Waals surface area contributed by atoms with Crippen molar-refractivity contribution in [3.63, 3.8) is 0 Å². The number of hydrogen-bond acceptors (Lipinski definition) is 2. The molecule has 0 radical (unpaired) electrons. The summed E-state index contributed by atoms with van der Waals surface area (Å²) in [5.41, 5.74) is 1.29. The maximum atomic E-state index is 13.2. The summed E-state index contributed by atoms with van der Waals surface area (Å²) in [7, 11) is 0. The summed E-state index contributed by atoms with van der Waals surface area (Å²) in [5.74, 6) is 0.472. The van der Waals surface area contributed by atoms with Crippen molar-refractivity contribution in [3.05, 3.63) is 34.0 Å². The summed E-state index contributed by atoms with van der Waals surface area (Å²) in [4.78, 5) is 7.09. The number of benzene rings is 1. The van der Waals surface area contributed by atoms with Gasteiger partial charge in [0.1, 0.15) is 16.3 Å². The minimum absolute atomic E-state index is 0.228. The molecular formula is C10H9FN2S. The molecule has 72 valence electrons. The quantitative estimate of drug-likeness (QED) is 0.674. The lowest BCUT2D eigenvalue weighted by molar-refractivity contribution is 0.620. The van der Waals surface area contributed by atoms with Crippen LogP contribution in [0.15, 0.2) is 12.1 Å². The van der Waals surface area contributed by atoms with Crippen molar-refractivity contribution in [2.24, 2.45) is 0 Å². The zero-order chi connectivity index (χ0) is 10.3. The van der Waals surface area contributed by atoms with Crippen LogP contribution in [-0.4, -0.2) is 9.97 Å². The lowest BCUT2D eigenvalue weighted by Gasteiger charge is -2.02. The molecule has 0 aliphatic carbocycles. The Labute approximate surface area is 85.8 Å². The van der Waals surface area contributed by atoms with Gasteiger partial charge in [-0.25, -0.2) is 9.37 Å². The third-order valence-corrected chi connectivity index (χ3v) is 2.43. The molecule has 0 spiro atoms. The number of nitrogens with zero attached hydrogens (tertiary/aromatic N) is 1. The molecule has 0 saturated heterocycles. The maximum absolute atomic E-state index is 13.2. The number of aromatic amines is 1. The number of nitrogens with one attached hydrogen (secondary N) is 1. The zero-order valence-electron chi connectivity index (χ0n) is 7.89. The lowest BCUT2D eigenvalue weighted by atomic mass is 10.1. The molecule has 1 aromatic carbocycles. The second kappa shape index (κ2) is 3.13. The van der Waals surface area contributed by atoms with E-state index in [-0.39, 0.29) is 5.82 Å². The van der Waals surface area contributed by atoms with E-state index in [1.807, 2.05) is 0 Å². The molecule has 0 unspecified atom stereocenters. The van der Waals surface area contributed by atoms with Gasteiger partial charge in [-0.3, -0.25) is 0 Å². The third-order valence-electron chi connectivity index (χ3n) is 2.11. The Morgan fingerprint density at radius 1 is 1.36 bits per heavy atom. The van der Waals surface area contributed by atoms with Crippen LogP contribution in [0, 0.1) is 24.3 Å². The average Bonchev–Trinajstić information content (AvgIpc) is 2.08. The van der Waals surface area contributed by atoms with E-state index in [1.165, 1.54) is 6.07 Å². The number of rotatable bonds is 0. The zero-order valence-corrected chi connectivity index (χ0v) is 8.70. The molecule has 1 N–H and O–H groups in total. The summed E-state index contributed by atoms with van der Waals surface area (Å²) in [6.45, 7) is 3.51. The Morgan fingerprint density at radius 2 is 2.07 bits per heavy atom. The first-order chi connectivity index (χ1) is 6.58. The van der Waals surface area contributed by atoms with Crippen molar-refractivity contribution >= 4 is 23.1 Å². The van der Waals surface area contributed by atoms with Gasteiger partial charge in [-0.2, -0.15) is 0 Å². The highest BCUT2D eigenvalue weighted by Gasteiger charge is 2.03. The van der Waals surface area contributed by atoms with E-state index in [9.17, 15) is 4.39 Å². The van der Waals surface area contributed by atoms with Gasteiger partial charge in [-0.05, 0) is 31.5 Å². The molecule has 1 aromatic heterocycles. The SMILES string of the molecule is Cc1nc(=S)c2cc(C)c(F)cc2[nH]1. The molecule has 0 fully saturated rings. The number of fused-ring (bicyclic) bond motifs is 1. The van der Waals surface area contributed by atoms with Crippen molar-refractivity contribution in [1.29, 1.82) is 0 Å². The standard InChI is InChI=1S/C10H9FN2S/c1-5-3-7-9(4-8(5)11)12-6(2)13-10(7)14/h3-4H,1-2H3,(H,12,13,14). The maximum Gasteiger partial charge on any atom is 0.137 e. The van der Waals surface area contributed by atoms with Crippen LogP contribution in [0.25, 0.3) is 10.9 Å². The first kappa shape index (κ1) is 9.27. The molecule has 2 aromatic rings. The number of hydrogen-bond donors (Lipinski definition) is 1. The Morgan fingerprint density at radius 3 is 2.79 bits per heavy atom.